The van der Waals surface area contributed by atoms with Gasteiger partial charge in [0.25, 0.3) is 0 Å². The summed E-state index contributed by atoms with van der Waals surface area (Å²) in [4.78, 5) is 11.8. The molecule has 5 nitrogen and oxygen atoms in total. The summed E-state index contributed by atoms with van der Waals surface area (Å²) in [5, 5.41) is 10.4. The van der Waals surface area contributed by atoms with Crippen molar-refractivity contribution in [1.82, 2.24) is 0 Å². The van der Waals surface area contributed by atoms with Gasteiger partial charge in [0.2, 0.25) is 9.84 Å². The maximum absolute atomic E-state index is 13.1. The van der Waals surface area contributed by atoms with E-state index < -0.39 is 26.1 Å². The number of unbranched alkanes of at least 4 members (excludes halogenated alkanes) is 1. The maximum atomic E-state index is 13.1. The Hall–Kier alpha value is -2.86. The summed E-state index contributed by atoms with van der Waals surface area (Å²) in [7, 11) is -4.21. The normalized spacial score (nSPS) is 11.7. The van der Waals surface area contributed by atoms with Crippen molar-refractivity contribution in [3.8, 4) is 5.75 Å². The Morgan fingerprint density at radius 1 is 0.933 bits per heavy atom. The van der Waals surface area contributed by atoms with Crippen molar-refractivity contribution in [2.75, 3.05) is 0 Å². The molecule has 1 heterocycles. The van der Waals surface area contributed by atoms with Crippen molar-refractivity contribution in [2.45, 2.75) is 55.2 Å². The Kier molecular flexibility index (Phi) is 6.77. The largest absolute Gasteiger partial charge is 0.506 e. The number of aryl methyl sites for hydroxylation is 2. The van der Waals surface area contributed by atoms with Gasteiger partial charge < -0.3 is 9.52 Å². The minimum absolute atomic E-state index is 0.0122. The second-order valence-corrected chi connectivity index (χ2v) is 9.46. The van der Waals surface area contributed by atoms with Crippen LogP contribution in [-0.4, -0.2) is 13.5 Å². The van der Waals surface area contributed by atoms with Gasteiger partial charge in [-0.05, 0) is 42.4 Å². The Morgan fingerprint density at radius 2 is 1.57 bits per heavy atom. The fourth-order valence-electron chi connectivity index (χ4n) is 3.47. The molecule has 0 saturated heterocycles. The van der Waals surface area contributed by atoms with Crippen LogP contribution >= 0.6 is 0 Å². The highest BCUT2D eigenvalue weighted by Gasteiger charge is 2.30. The van der Waals surface area contributed by atoms with Gasteiger partial charge >= 0.3 is 5.63 Å². The molecule has 6 heteroatoms. The first-order valence-electron chi connectivity index (χ1n) is 10.0. The molecule has 0 atom stereocenters. The van der Waals surface area contributed by atoms with Crippen molar-refractivity contribution in [3.63, 3.8) is 0 Å². The monoisotopic (exact) mass is 426 g/mol. The highest BCUT2D eigenvalue weighted by Crippen LogP contribution is 2.31. The Labute approximate surface area is 176 Å². The quantitative estimate of drug-likeness (QED) is 0.520. The SMILES string of the molecule is CC(C)c1ccccc1S(=O)(=O)c1c(O)cc(CCCCc2ccccc2)oc1=O. The molecule has 0 aliphatic heterocycles. The zero-order valence-corrected chi connectivity index (χ0v) is 18.0. The van der Waals surface area contributed by atoms with E-state index in [0.29, 0.717) is 12.0 Å². The molecule has 30 heavy (non-hydrogen) atoms. The van der Waals surface area contributed by atoms with Crippen LogP contribution in [0.2, 0.25) is 0 Å². The van der Waals surface area contributed by atoms with Crippen molar-refractivity contribution >= 4 is 9.84 Å². The highest BCUT2D eigenvalue weighted by atomic mass is 32.2. The van der Waals surface area contributed by atoms with Gasteiger partial charge in [-0.25, -0.2) is 13.2 Å². The van der Waals surface area contributed by atoms with E-state index in [1.54, 1.807) is 18.2 Å². The summed E-state index contributed by atoms with van der Waals surface area (Å²) in [6.45, 7) is 3.74. The molecule has 0 bridgehead atoms. The minimum Gasteiger partial charge on any atom is -0.506 e. The summed E-state index contributed by atoms with van der Waals surface area (Å²) >= 11 is 0. The zero-order valence-electron chi connectivity index (χ0n) is 17.2. The van der Waals surface area contributed by atoms with Gasteiger partial charge in [-0.15, -0.1) is 0 Å². The lowest BCUT2D eigenvalue weighted by Crippen LogP contribution is -2.17. The molecule has 0 spiro atoms. The molecule has 0 saturated carbocycles. The first kappa shape index (κ1) is 21.8. The fourth-order valence-corrected chi connectivity index (χ4v) is 5.16. The molecule has 0 aliphatic rings. The van der Waals surface area contributed by atoms with Gasteiger partial charge in [0.1, 0.15) is 11.5 Å². The summed E-state index contributed by atoms with van der Waals surface area (Å²) < 4.78 is 31.5. The van der Waals surface area contributed by atoms with Gasteiger partial charge in [0.15, 0.2) is 4.90 Å². The second-order valence-electron chi connectivity index (χ2n) is 7.60. The lowest BCUT2D eigenvalue weighted by Gasteiger charge is -2.13. The molecule has 158 valence electrons. The number of sulfone groups is 1. The Balaban J connectivity index is 1.80. The molecule has 1 aromatic heterocycles. The maximum Gasteiger partial charge on any atom is 0.359 e. The van der Waals surface area contributed by atoms with Gasteiger partial charge in [-0.3, -0.25) is 0 Å². The van der Waals surface area contributed by atoms with Crippen LogP contribution in [0.15, 0.2) is 79.7 Å². The highest BCUT2D eigenvalue weighted by molar-refractivity contribution is 7.91. The van der Waals surface area contributed by atoms with Crippen LogP contribution in [0.25, 0.3) is 0 Å². The van der Waals surface area contributed by atoms with Crippen LogP contribution in [0, 0.1) is 0 Å². The summed E-state index contributed by atoms with van der Waals surface area (Å²) in [5.41, 5.74) is 0.778. The standard InChI is InChI=1S/C24H26O5S/c1-17(2)20-14-8-9-15-22(20)30(27,28)23-21(25)16-19(29-24(23)26)13-7-6-12-18-10-4-3-5-11-18/h3-5,8-11,14-17,25H,6-7,12-13H2,1-2H3. The summed E-state index contributed by atoms with van der Waals surface area (Å²) in [6, 6.07) is 17.8. The van der Waals surface area contributed by atoms with Crippen molar-refractivity contribution in [2.24, 2.45) is 0 Å². The Morgan fingerprint density at radius 3 is 2.23 bits per heavy atom. The van der Waals surface area contributed by atoms with E-state index in [1.807, 2.05) is 32.0 Å². The predicted octanol–water partition coefficient (Wildman–Crippen LogP) is 4.87. The molecular formula is C24H26O5S. The van der Waals surface area contributed by atoms with Crippen LogP contribution in [-0.2, 0) is 22.7 Å². The lowest BCUT2D eigenvalue weighted by molar-refractivity contribution is 0.394. The number of hydrogen-bond donors (Lipinski definition) is 1. The van der Waals surface area contributed by atoms with Crippen LogP contribution in [0.3, 0.4) is 0 Å². The number of aromatic hydroxyl groups is 1. The fraction of sp³-hybridized carbons (Fsp3) is 0.292. The van der Waals surface area contributed by atoms with E-state index in [2.05, 4.69) is 12.1 Å². The average molecular weight is 427 g/mol. The third-order valence-electron chi connectivity index (χ3n) is 5.02. The molecule has 0 amide bonds. The summed E-state index contributed by atoms with van der Waals surface area (Å²) in [6.07, 6.45) is 2.98. The first-order valence-corrected chi connectivity index (χ1v) is 11.5. The van der Waals surface area contributed by atoms with Crippen LogP contribution < -0.4 is 5.63 Å². The molecule has 0 unspecified atom stereocenters. The molecule has 0 fully saturated rings. The van der Waals surface area contributed by atoms with Gasteiger partial charge in [0.05, 0.1) is 4.90 Å². The van der Waals surface area contributed by atoms with Crippen molar-refractivity contribution < 1.29 is 17.9 Å². The van der Waals surface area contributed by atoms with Crippen LogP contribution in [0.1, 0.15) is 49.5 Å². The number of hydrogen-bond acceptors (Lipinski definition) is 5. The van der Waals surface area contributed by atoms with E-state index in [1.165, 1.54) is 17.7 Å². The van der Waals surface area contributed by atoms with Gasteiger partial charge in [-0.2, -0.15) is 0 Å². The van der Waals surface area contributed by atoms with E-state index in [9.17, 15) is 18.3 Å². The molecule has 0 aliphatic carbocycles. The third-order valence-corrected chi connectivity index (χ3v) is 6.88. The zero-order chi connectivity index (χ0) is 21.7. The predicted molar refractivity (Wildman–Crippen MR) is 116 cm³/mol. The molecule has 0 radical (unpaired) electrons. The average Bonchev–Trinajstić information content (AvgIpc) is 2.71. The van der Waals surface area contributed by atoms with Crippen molar-refractivity contribution in [1.29, 1.82) is 0 Å². The molecule has 3 rings (SSSR count). The van der Waals surface area contributed by atoms with E-state index >= 15 is 0 Å². The molecule has 2 aromatic carbocycles. The third kappa shape index (κ3) is 4.82. The van der Waals surface area contributed by atoms with E-state index in [0.717, 1.165) is 19.3 Å². The molecular weight excluding hydrogens is 400 g/mol. The topological polar surface area (TPSA) is 84.6 Å². The lowest BCUT2D eigenvalue weighted by atomic mass is 10.0. The number of rotatable bonds is 8. The minimum atomic E-state index is -4.21. The Bertz CT molecular complexity index is 1160. The molecule has 1 N–H and O–H groups in total. The van der Waals surface area contributed by atoms with Crippen LogP contribution in [0.5, 0.6) is 5.75 Å². The van der Waals surface area contributed by atoms with Crippen molar-refractivity contribution in [3.05, 3.63) is 88.0 Å². The molecule has 3 aromatic rings. The van der Waals surface area contributed by atoms with Crippen LogP contribution in [0.4, 0.5) is 0 Å². The van der Waals surface area contributed by atoms with Gasteiger partial charge in [0, 0.05) is 12.5 Å². The summed E-state index contributed by atoms with van der Waals surface area (Å²) in [5.74, 6) is -0.349. The van der Waals surface area contributed by atoms with Gasteiger partial charge in [-0.1, -0.05) is 62.4 Å². The van der Waals surface area contributed by atoms with E-state index in [4.69, 9.17) is 4.42 Å². The first-order chi connectivity index (χ1) is 14.3. The number of benzene rings is 2. The smallest absolute Gasteiger partial charge is 0.359 e. The second kappa shape index (κ2) is 9.30. The van der Waals surface area contributed by atoms with E-state index in [-0.39, 0.29) is 16.6 Å².